The molecule has 0 N–H and O–H groups in total. The summed E-state index contributed by atoms with van der Waals surface area (Å²) in [6.07, 6.45) is 0. The van der Waals surface area contributed by atoms with Crippen molar-refractivity contribution in [3.05, 3.63) is 205 Å². The highest BCUT2D eigenvalue weighted by molar-refractivity contribution is 7.26. The lowest BCUT2D eigenvalue weighted by Crippen LogP contribution is -2.30. The van der Waals surface area contributed by atoms with Gasteiger partial charge in [0.05, 0.1) is 32.8 Å². The summed E-state index contributed by atoms with van der Waals surface area (Å²) >= 11 is 1.89. The monoisotopic (exact) mass is 782 g/mol. The van der Waals surface area contributed by atoms with Crippen LogP contribution >= 0.6 is 11.3 Å². The number of aromatic nitrogens is 1. The highest BCUT2D eigenvalue weighted by Crippen LogP contribution is 2.53. The van der Waals surface area contributed by atoms with Gasteiger partial charge in [-0.3, -0.25) is 0 Å². The van der Waals surface area contributed by atoms with Gasteiger partial charge in [0.2, 0.25) is 0 Å². The minimum atomic E-state index is -0.221. The molecule has 0 bridgehead atoms. The molecule has 282 valence electrons. The topological polar surface area (TPSA) is 8.17 Å². The summed E-state index contributed by atoms with van der Waals surface area (Å²) in [6.45, 7) is 4.77. The Balaban J connectivity index is 0.992. The van der Waals surface area contributed by atoms with Gasteiger partial charge in [-0.15, -0.1) is 11.3 Å². The van der Waals surface area contributed by atoms with Crippen LogP contribution in [0, 0.1) is 0 Å². The first-order chi connectivity index (χ1) is 29.5. The molecule has 0 fully saturated rings. The van der Waals surface area contributed by atoms with Gasteiger partial charge in [-0.25, -0.2) is 0 Å². The van der Waals surface area contributed by atoms with Crippen LogP contribution in [0.25, 0.3) is 91.1 Å². The summed E-state index contributed by atoms with van der Waals surface area (Å²) < 4.78 is 5.12. The third-order valence-corrected chi connectivity index (χ3v) is 14.6. The third kappa shape index (κ3) is 4.64. The molecule has 2 nitrogen and oxygen atoms in total. The molecule has 60 heavy (non-hydrogen) atoms. The van der Waals surface area contributed by atoms with Crippen LogP contribution in [0.1, 0.15) is 25.0 Å². The number of fused-ring (bicyclic) bond motifs is 14. The highest BCUT2D eigenvalue weighted by Gasteiger charge is 2.37. The van der Waals surface area contributed by atoms with E-state index in [4.69, 9.17) is 0 Å². The predicted molar refractivity (Wildman–Crippen MR) is 258 cm³/mol. The molecule has 0 saturated carbocycles. The van der Waals surface area contributed by atoms with Gasteiger partial charge in [0.25, 0.3) is 0 Å². The summed E-state index contributed by atoms with van der Waals surface area (Å²) in [7, 11) is 0. The van der Waals surface area contributed by atoms with Crippen molar-refractivity contribution in [2.45, 2.75) is 19.3 Å². The standard InChI is InChI=1S/C57H38N2S/c1-57(2)48-21-9-11-23-52(48)58(37-28-29-42-40-16-4-3-14-38(40)39-15-5-6-17-41(39)46(42)34-37)53-31-27-36(33-49(53)57)35-26-30-51-47(32-35)43-18-7-10-22-50(43)59(51)54-24-13-20-45-44-19-8-12-25-55(44)60-56(45)54/h3-34H,1-2H3. The van der Waals surface area contributed by atoms with E-state index in [-0.39, 0.29) is 5.41 Å². The summed E-state index contributed by atoms with van der Waals surface area (Å²) in [4.78, 5) is 2.49. The van der Waals surface area contributed by atoms with Crippen molar-refractivity contribution in [1.82, 2.24) is 4.57 Å². The van der Waals surface area contributed by atoms with Gasteiger partial charge in [-0.1, -0.05) is 147 Å². The van der Waals surface area contributed by atoms with E-state index in [1.54, 1.807) is 0 Å². The maximum atomic E-state index is 2.49. The van der Waals surface area contributed by atoms with Crippen molar-refractivity contribution >= 4 is 103 Å². The Morgan fingerprint density at radius 1 is 0.367 bits per heavy atom. The van der Waals surface area contributed by atoms with Gasteiger partial charge in [0.1, 0.15) is 0 Å². The SMILES string of the molecule is CC1(C)c2ccccc2N(c2ccc3c4ccccc4c4ccccc4c3c2)c2ccc(-c3ccc4c(c3)c3ccccc3n4-c3cccc4c3sc3ccccc34)cc21. The Hall–Kier alpha value is -7.20. The number of hydrogen-bond donors (Lipinski definition) is 0. The van der Waals surface area contributed by atoms with Crippen molar-refractivity contribution in [3.8, 4) is 16.8 Å². The molecular formula is C57H38N2S. The molecule has 13 rings (SSSR count). The number of benzene rings is 10. The van der Waals surface area contributed by atoms with E-state index >= 15 is 0 Å². The molecule has 3 heterocycles. The lowest BCUT2D eigenvalue weighted by atomic mass is 9.73. The molecule has 12 aromatic rings. The molecule has 1 aliphatic heterocycles. The Bertz CT molecular complexity index is 3730. The normalized spacial score (nSPS) is 13.6. The molecule has 3 heteroatoms. The van der Waals surface area contributed by atoms with E-state index in [0.29, 0.717) is 0 Å². The summed E-state index contributed by atoms with van der Waals surface area (Å²) in [6, 6.07) is 72.4. The molecule has 0 unspecified atom stereocenters. The van der Waals surface area contributed by atoms with E-state index < -0.39 is 0 Å². The van der Waals surface area contributed by atoms with E-state index in [9.17, 15) is 0 Å². The minimum Gasteiger partial charge on any atom is -0.310 e. The maximum absolute atomic E-state index is 2.49. The lowest BCUT2D eigenvalue weighted by Gasteiger charge is -2.42. The fourth-order valence-electron chi connectivity index (χ4n) is 10.5. The van der Waals surface area contributed by atoms with Crippen LogP contribution in [-0.4, -0.2) is 4.57 Å². The number of nitrogens with zero attached hydrogens (tertiary/aromatic N) is 2. The molecular weight excluding hydrogens is 745 g/mol. The maximum Gasteiger partial charge on any atom is 0.0640 e. The second kappa shape index (κ2) is 12.4. The average molecular weight is 783 g/mol. The molecule has 0 amide bonds. The predicted octanol–water partition coefficient (Wildman–Crippen LogP) is 16.4. The van der Waals surface area contributed by atoms with Crippen molar-refractivity contribution in [2.75, 3.05) is 4.90 Å². The van der Waals surface area contributed by atoms with Crippen LogP contribution in [0.15, 0.2) is 194 Å². The van der Waals surface area contributed by atoms with Gasteiger partial charge in [-0.2, -0.15) is 0 Å². The molecule has 0 saturated heterocycles. The number of anilines is 3. The fourth-order valence-corrected chi connectivity index (χ4v) is 11.7. The smallest absolute Gasteiger partial charge is 0.0640 e. The average Bonchev–Trinajstić information content (AvgIpc) is 3.85. The Labute approximate surface area is 351 Å². The number of para-hydroxylation sites is 2. The van der Waals surface area contributed by atoms with Crippen LogP contribution in [-0.2, 0) is 5.41 Å². The summed E-state index contributed by atoms with van der Waals surface area (Å²) in [5.74, 6) is 0. The van der Waals surface area contributed by atoms with Crippen LogP contribution in [0.2, 0.25) is 0 Å². The minimum absolute atomic E-state index is 0.221. The molecule has 0 aliphatic carbocycles. The molecule has 2 aromatic heterocycles. The molecule has 0 spiro atoms. The number of thiophene rings is 1. The Morgan fingerprint density at radius 2 is 0.933 bits per heavy atom. The zero-order chi connectivity index (χ0) is 39.7. The van der Waals surface area contributed by atoms with Crippen LogP contribution in [0.4, 0.5) is 17.1 Å². The summed E-state index contributed by atoms with van der Waals surface area (Å²) in [5.41, 5.74) is 12.2. The number of rotatable bonds is 3. The zero-order valence-corrected chi connectivity index (χ0v) is 34.1. The number of hydrogen-bond acceptors (Lipinski definition) is 2. The van der Waals surface area contributed by atoms with Gasteiger partial charge in [0, 0.05) is 37.3 Å². The second-order valence-corrected chi connectivity index (χ2v) is 17.9. The second-order valence-electron chi connectivity index (χ2n) is 16.9. The molecule has 0 atom stereocenters. The first-order valence-corrected chi connectivity index (χ1v) is 21.7. The Morgan fingerprint density at radius 3 is 1.73 bits per heavy atom. The molecule has 1 aliphatic rings. The van der Waals surface area contributed by atoms with Gasteiger partial charge < -0.3 is 9.47 Å². The first-order valence-electron chi connectivity index (χ1n) is 20.8. The highest BCUT2D eigenvalue weighted by atomic mass is 32.1. The zero-order valence-electron chi connectivity index (χ0n) is 33.3. The fraction of sp³-hybridized carbons (Fsp3) is 0.0526. The van der Waals surface area contributed by atoms with Crippen molar-refractivity contribution < 1.29 is 0 Å². The first kappa shape index (κ1) is 33.7. The van der Waals surface area contributed by atoms with Gasteiger partial charge in [-0.05, 0) is 115 Å². The van der Waals surface area contributed by atoms with E-state index in [0.717, 1.165) is 0 Å². The van der Waals surface area contributed by atoms with Gasteiger partial charge >= 0.3 is 0 Å². The van der Waals surface area contributed by atoms with Crippen LogP contribution in [0.5, 0.6) is 0 Å². The van der Waals surface area contributed by atoms with Crippen LogP contribution < -0.4 is 4.90 Å². The van der Waals surface area contributed by atoms with Gasteiger partial charge in [0.15, 0.2) is 0 Å². The van der Waals surface area contributed by atoms with Crippen molar-refractivity contribution in [2.24, 2.45) is 0 Å². The van der Waals surface area contributed by atoms with Crippen molar-refractivity contribution in [3.63, 3.8) is 0 Å². The summed E-state index contributed by atoms with van der Waals surface area (Å²) in [5, 5.41) is 12.9. The van der Waals surface area contributed by atoms with Crippen LogP contribution in [0.3, 0.4) is 0 Å². The lowest BCUT2D eigenvalue weighted by molar-refractivity contribution is 0.632. The largest absolute Gasteiger partial charge is 0.310 e. The van der Waals surface area contributed by atoms with E-state index in [1.165, 1.54) is 119 Å². The molecule has 10 aromatic carbocycles. The van der Waals surface area contributed by atoms with E-state index in [2.05, 4.69) is 217 Å². The molecule has 0 radical (unpaired) electrons. The quantitative estimate of drug-likeness (QED) is 0.162. The third-order valence-electron chi connectivity index (χ3n) is 13.3. The Kier molecular flexibility index (Phi) is 6.98. The van der Waals surface area contributed by atoms with Crippen molar-refractivity contribution in [1.29, 1.82) is 0 Å². The van der Waals surface area contributed by atoms with E-state index in [1.807, 2.05) is 11.3 Å².